The molecule has 3 heterocycles. The molecule has 5 nitrogen and oxygen atoms in total. The minimum absolute atomic E-state index is 0.223. The molecule has 0 fully saturated rings. The van der Waals surface area contributed by atoms with Crippen molar-refractivity contribution in [3.05, 3.63) is 112 Å². The van der Waals surface area contributed by atoms with E-state index in [9.17, 15) is 5.11 Å². The summed E-state index contributed by atoms with van der Waals surface area (Å²) in [6.07, 6.45) is 1.40. The van der Waals surface area contributed by atoms with E-state index >= 15 is 0 Å². The number of rotatable bonds is 5. The van der Waals surface area contributed by atoms with Crippen LogP contribution in [0.15, 0.2) is 78.9 Å². The molecule has 0 aliphatic carbocycles. The second-order valence-electron chi connectivity index (χ2n) is 8.69. The molecule has 1 unspecified atom stereocenters. The Balaban J connectivity index is 1.55. The molecule has 5 aromatic rings. The predicted molar refractivity (Wildman–Crippen MR) is 136 cm³/mol. The van der Waals surface area contributed by atoms with E-state index in [-0.39, 0.29) is 11.9 Å². The molecule has 1 aliphatic rings. The predicted octanol–water partition coefficient (Wildman–Crippen LogP) is 6.00. The van der Waals surface area contributed by atoms with Crippen LogP contribution in [0.25, 0.3) is 10.9 Å². The maximum Gasteiger partial charge on any atom is 0.213 e. The van der Waals surface area contributed by atoms with E-state index in [0.29, 0.717) is 17.7 Å². The smallest absolute Gasteiger partial charge is 0.213 e. The van der Waals surface area contributed by atoms with Crippen LogP contribution in [0.4, 0.5) is 0 Å². The lowest BCUT2D eigenvalue weighted by Crippen LogP contribution is -2.22. The zero-order chi connectivity index (χ0) is 23.2. The third-order valence-electron chi connectivity index (χ3n) is 6.86. The monoisotopic (exact) mass is 467 g/mol. The van der Waals surface area contributed by atoms with Gasteiger partial charge in [-0.05, 0) is 41.9 Å². The molecule has 0 bridgehead atoms. The Hall–Kier alpha value is -3.77. The summed E-state index contributed by atoms with van der Waals surface area (Å²) in [5.74, 6) is 1.04. The molecular formula is C28H25N3O2S. The molecule has 0 saturated carbocycles. The Morgan fingerprint density at radius 1 is 1.00 bits per heavy atom. The number of hydrogen-bond acceptors (Lipinski definition) is 3. The van der Waals surface area contributed by atoms with Crippen LogP contribution in [0.1, 0.15) is 34.1 Å². The third kappa shape index (κ3) is 3.17. The Kier molecular flexibility index (Phi) is 5.03. The molecule has 6 heteroatoms. The molecular weight excluding hydrogens is 442 g/mol. The van der Waals surface area contributed by atoms with Crippen molar-refractivity contribution in [1.29, 1.82) is 0 Å². The summed E-state index contributed by atoms with van der Waals surface area (Å²) in [5, 5.41) is 12.6. The number of H-pyrrole nitrogens is 1. The van der Waals surface area contributed by atoms with Gasteiger partial charge >= 0.3 is 0 Å². The minimum Gasteiger partial charge on any atom is -0.496 e. The fourth-order valence-electron chi connectivity index (χ4n) is 5.25. The van der Waals surface area contributed by atoms with Crippen LogP contribution in [0.3, 0.4) is 0 Å². The molecule has 0 saturated heterocycles. The molecule has 1 aliphatic heterocycles. The van der Waals surface area contributed by atoms with Crippen LogP contribution in [0, 0.1) is 4.77 Å². The zero-order valence-corrected chi connectivity index (χ0v) is 19.7. The lowest BCUT2D eigenvalue weighted by atomic mass is 9.92. The summed E-state index contributed by atoms with van der Waals surface area (Å²) in [5.41, 5.74) is 6.43. The van der Waals surface area contributed by atoms with Crippen LogP contribution >= 0.6 is 12.2 Å². The molecule has 2 N–H and O–H groups in total. The van der Waals surface area contributed by atoms with Crippen LogP contribution in [-0.4, -0.2) is 26.3 Å². The summed E-state index contributed by atoms with van der Waals surface area (Å²) < 4.78 is 10.3. The average Bonchev–Trinajstić information content (AvgIpc) is 3.37. The number of ether oxygens (including phenoxy) is 1. The number of aromatic hydroxyl groups is 1. The minimum atomic E-state index is -0.223. The van der Waals surface area contributed by atoms with Gasteiger partial charge in [-0.15, -0.1) is 0 Å². The first-order valence-corrected chi connectivity index (χ1v) is 11.9. The second-order valence-corrected chi connectivity index (χ2v) is 9.06. The number of imidazole rings is 1. The Labute approximate surface area is 202 Å². The maximum atomic E-state index is 11.4. The quantitative estimate of drug-likeness (QED) is 0.306. The van der Waals surface area contributed by atoms with E-state index in [4.69, 9.17) is 17.0 Å². The molecule has 2 aromatic heterocycles. The molecule has 0 radical (unpaired) electrons. The first-order valence-electron chi connectivity index (χ1n) is 11.5. The highest BCUT2D eigenvalue weighted by Crippen LogP contribution is 2.44. The van der Waals surface area contributed by atoms with Gasteiger partial charge in [0, 0.05) is 35.1 Å². The largest absolute Gasteiger partial charge is 0.496 e. The standard InChI is InChI=1S/C28H25N3O2S/c1-33-24-14-8-6-12-20(24)26-25-21(19-11-5-7-13-22(19)29-25)17-23-27(32)30(28(34)31(23)26)16-15-18-9-3-2-4-10-18/h2-14,26,29,32H,15-17H2,1H3. The number of nitrogens with one attached hydrogen (secondary N) is 1. The second kappa shape index (κ2) is 8.22. The molecule has 0 spiro atoms. The summed E-state index contributed by atoms with van der Waals surface area (Å²) in [7, 11) is 1.69. The van der Waals surface area contributed by atoms with Gasteiger partial charge in [0.15, 0.2) is 4.77 Å². The first-order chi connectivity index (χ1) is 16.7. The van der Waals surface area contributed by atoms with Crippen LogP contribution < -0.4 is 4.74 Å². The van der Waals surface area contributed by atoms with Crippen molar-refractivity contribution in [2.45, 2.75) is 25.4 Å². The van der Waals surface area contributed by atoms with Gasteiger partial charge < -0.3 is 19.4 Å². The van der Waals surface area contributed by atoms with Gasteiger partial charge in [0.25, 0.3) is 0 Å². The fourth-order valence-corrected chi connectivity index (χ4v) is 5.64. The van der Waals surface area contributed by atoms with E-state index < -0.39 is 0 Å². The van der Waals surface area contributed by atoms with Crippen molar-refractivity contribution in [2.24, 2.45) is 0 Å². The number of aryl methyl sites for hydroxylation is 1. The molecule has 1 atom stereocenters. The highest BCUT2D eigenvalue weighted by atomic mass is 32.1. The van der Waals surface area contributed by atoms with E-state index in [1.54, 1.807) is 7.11 Å². The highest BCUT2D eigenvalue weighted by molar-refractivity contribution is 7.71. The Morgan fingerprint density at radius 2 is 1.74 bits per heavy atom. The molecule has 34 heavy (non-hydrogen) atoms. The third-order valence-corrected chi connectivity index (χ3v) is 7.28. The lowest BCUT2D eigenvalue weighted by molar-refractivity contribution is 0.402. The van der Waals surface area contributed by atoms with Crippen LogP contribution in [0.2, 0.25) is 0 Å². The summed E-state index contributed by atoms with van der Waals surface area (Å²) in [4.78, 5) is 3.66. The van der Waals surface area contributed by atoms with Gasteiger partial charge in [0.05, 0.1) is 12.8 Å². The maximum absolute atomic E-state index is 11.4. The first kappa shape index (κ1) is 20.8. The van der Waals surface area contributed by atoms with Gasteiger partial charge in [0.1, 0.15) is 11.8 Å². The number of aromatic nitrogens is 3. The topological polar surface area (TPSA) is 55.1 Å². The van der Waals surface area contributed by atoms with E-state index in [2.05, 4.69) is 45.9 Å². The van der Waals surface area contributed by atoms with E-state index in [1.807, 2.05) is 47.0 Å². The summed E-state index contributed by atoms with van der Waals surface area (Å²) in [6.45, 7) is 0.613. The Morgan fingerprint density at radius 3 is 2.56 bits per heavy atom. The average molecular weight is 468 g/mol. The van der Waals surface area contributed by atoms with Crippen molar-refractivity contribution in [3.8, 4) is 11.6 Å². The van der Waals surface area contributed by atoms with Crippen molar-refractivity contribution >= 4 is 23.1 Å². The summed E-state index contributed by atoms with van der Waals surface area (Å²) in [6, 6.07) is 26.4. The van der Waals surface area contributed by atoms with Gasteiger partial charge in [-0.3, -0.25) is 4.57 Å². The number of methoxy groups -OCH3 is 1. The number of fused-ring (bicyclic) bond motifs is 4. The van der Waals surface area contributed by atoms with Gasteiger partial charge in [-0.25, -0.2) is 0 Å². The van der Waals surface area contributed by atoms with Crippen LogP contribution in [0.5, 0.6) is 11.6 Å². The number of nitrogens with zero attached hydrogens (tertiary/aromatic N) is 2. The zero-order valence-electron chi connectivity index (χ0n) is 18.9. The van der Waals surface area contributed by atoms with E-state index in [0.717, 1.165) is 34.6 Å². The Bertz CT molecular complexity index is 1560. The van der Waals surface area contributed by atoms with Gasteiger partial charge in [0.2, 0.25) is 5.88 Å². The molecule has 6 rings (SSSR count). The molecule has 3 aromatic carbocycles. The number of hydrogen-bond donors (Lipinski definition) is 2. The van der Waals surface area contributed by atoms with Crippen molar-refractivity contribution in [3.63, 3.8) is 0 Å². The number of para-hydroxylation sites is 2. The lowest BCUT2D eigenvalue weighted by Gasteiger charge is -2.27. The fraction of sp³-hybridized carbons (Fsp3) is 0.179. The van der Waals surface area contributed by atoms with Crippen molar-refractivity contribution in [1.82, 2.24) is 14.1 Å². The highest BCUT2D eigenvalue weighted by Gasteiger charge is 2.35. The number of aromatic amines is 1. The van der Waals surface area contributed by atoms with Gasteiger partial charge in [-0.2, -0.15) is 0 Å². The summed E-state index contributed by atoms with van der Waals surface area (Å²) >= 11 is 5.99. The van der Waals surface area contributed by atoms with Crippen molar-refractivity contribution < 1.29 is 9.84 Å². The molecule has 170 valence electrons. The van der Waals surface area contributed by atoms with Gasteiger partial charge in [-0.1, -0.05) is 66.7 Å². The normalized spacial score (nSPS) is 14.7. The van der Waals surface area contributed by atoms with Crippen molar-refractivity contribution in [2.75, 3.05) is 7.11 Å². The van der Waals surface area contributed by atoms with Crippen LogP contribution in [-0.2, 0) is 19.4 Å². The number of benzene rings is 3. The molecule has 0 amide bonds. The van der Waals surface area contributed by atoms with E-state index in [1.165, 1.54) is 16.5 Å². The SMILES string of the molecule is COc1ccccc1C1c2[nH]c3ccccc3c2Cc2c(O)n(CCc3ccccc3)c(=S)n21.